The van der Waals surface area contributed by atoms with E-state index in [1.807, 2.05) is 12.1 Å². The van der Waals surface area contributed by atoms with Crippen molar-refractivity contribution >= 4 is 34.8 Å². The number of rotatable bonds is 2. The summed E-state index contributed by atoms with van der Waals surface area (Å²) in [5.74, 6) is -0.0722. The first-order valence-electron chi connectivity index (χ1n) is 7.43. The normalized spacial score (nSPS) is 14.4. The number of amides is 1. The first-order chi connectivity index (χ1) is 11.6. The number of pyridine rings is 1. The summed E-state index contributed by atoms with van der Waals surface area (Å²) >= 11 is 11.9. The number of carbonyl (C=O) groups excluding carboxylic acids is 1. The van der Waals surface area contributed by atoms with Crippen LogP contribution < -0.4 is 4.90 Å². The maximum Gasteiger partial charge on any atom is 0.254 e. The van der Waals surface area contributed by atoms with Gasteiger partial charge >= 0.3 is 0 Å². The number of aromatic nitrogens is 1. The Morgan fingerprint density at radius 2 is 1.75 bits per heavy atom. The van der Waals surface area contributed by atoms with Crippen LogP contribution in [0, 0.1) is 11.3 Å². The van der Waals surface area contributed by atoms with Crippen LogP contribution in [-0.2, 0) is 0 Å². The fourth-order valence-corrected chi connectivity index (χ4v) is 3.19. The average molecular weight is 361 g/mol. The molecular weight excluding hydrogens is 347 g/mol. The zero-order chi connectivity index (χ0) is 17.1. The summed E-state index contributed by atoms with van der Waals surface area (Å²) in [5.41, 5.74) is 1.85. The van der Waals surface area contributed by atoms with Crippen molar-refractivity contribution in [3.8, 4) is 6.07 Å². The van der Waals surface area contributed by atoms with Crippen molar-refractivity contribution in [3.63, 3.8) is 0 Å². The van der Waals surface area contributed by atoms with Crippen molar-refractivity contribution in [2.45, 2.75) is 0 Å². The number of benzene rings is 1. The second-order valence-electron chi connectivity index (χ2n) is 5.45. The molecular formula is C17H14Cl2N4O. The Hall–Kier alpha value is -2.29. The van der Waals surface area contributed by atoms with Gasteiger partial charge in [-0.15, -0.1) is 0 Å². The van der Waals surface area contributed by atoms with Crippen molar-refractivity contribution in [2.24, 2.45) is 0 Å². The molecule has 1 amide bonds. The lowest BCUT2D eigenvalue weighted by Crippen LogP contribution is -2.48. The Morgan fingerprint density at radius 1 is 1.08 bits per heavy atom. The van der Waals surface area contributed by atoms with Gasteiger partial charge in [-0.05, 0) is 30.3 Å². The van der Waals surface area contributed by atoms with Gasteiger partial charge in [0.15, 0.2) is 0 Å². The molecule has 2 aromatic rings. The highest BCUT2D eigenvalue weighted by Crippen LogP contribution is 2.21. The standard InChI is InChI=1S/C17H14Cl2N4O/c18-13-7-12(8-14(19)9-13)17(24)23-5-3-22(4-6-23)16-2-1-15(10-20)21-11-16/h1-2,7-9,11H,3-6H2. The van der Waals surface area contributed by atoms with Crippen molar-refractivity contribution in [2.75, 3.05) is 31.1 Å². The maximum absolute atomic E-state index is 12.6. The predicted octanol–water partition coefficient (Wildman–Crippen LogP) is 3.22. The van der Waals surface area contributed by atoms with E-state index in [2.05, 4.69) is 9.88 Å². The van der Waals surface area contributed by atoms with Gasteiger partial charge < -0.3 is 9.80 Å². The molecule has 2 heterocycles. The van der Waals surface area contributed by atoms with Crippen LogP contribution in [0.4, 0.5) is 5.69 Å². The largest absolute Gasteiger partial charge is 0.367 e. The minimum Gasteiger partial charge on any atom is -0.367 e. The third-order valence-electron chi connectivity index (χ3n) is 3.90. The number of halogens is 2. The van der Waals surface area contributed by atoms with Gasteiger partial charge in [-0.1, -0.05) is 23.2 Å². The van der Waals surface area contributed by atoms with Crippen LogP contribution in [0.5, 0.6) is 0 Å². The Morgan fingerprint density at radius 3 is 2.29 bits per heavy atom. The van der Waals surface area contributed by atoms with Crippen LogP contribution in [0.25, 0.3) is 0 Å². The molecule has 1 aliphatic heterocycles. The van der Waals surface area contributed by atoms with E-state index in [-0.39, 0.29) is 5.91 Å². The van der Waals surface area contributed by atoms with Gasteiger partial charge in [0.2, 0.25) is 0 Å². The number of nitriles is 1. The van der Waals surface area contributed by atoms with Gasteiger partial charge in [-0.3, -0.25) is 4.79 Å². The molecule has 0 radical (unpaired) electrons. The summed E-state index contributed by atoms with van der Waals surface area (Å²) in [4.78, 5) is 20.6. The van der Waals surface area contributed by atoms with E-state index in [1.165, 1.54) is 0 Å². The average Bonchev–Trinajstić information content (AvgIpc) is 2.60. The lowest BCUT2D eigenvalue weighted by atomic mass is 10.1. The molecule has 7 heteroatoms. The molecule has 5 nitrogen and oxygen atoms in total. The molecule has 0 saturated carbocycles. The molecule has 1 aromatic heterocycles. The van der Waals surface area contributed by atoms with Crippen LogP contribution in [0.15, 0.2) is 36.5 Å². The molecule has 24 heavy (non-hydrogen) atoms. The lowest BCUT2D eigenvalue weighted by Gasteiger charge is -2.36. The molecule has 0 aliphatic carbocycles. The number of nitrogens with zero attached hydrogens (tertiary/aromatic N) is 4. The fraction of sp³-hybridized carbons (Fsp3) is 0.235. The number of piperazine rings is 1. The first-order valence-corrected chi connectivity index (χ1v) is 8.19. The Kier molecular flexibility index (Phi) is 4.89. The van der Waals surface area contributed by atoms with Crippen LogP contribution in [0.1, 0.15) is 16.1 Å². The van der Waals surface area contributed by atoms with E-state index < -0.39 is 0 Å². The van der Waals surface area contributed by atoms with Crippen molar-refractivity contribution < 1.29 is 4.79 Å². The number of hydrogen-bond acceptors (Lipinski definition) is 4. The van der Waals surface area contributed by atoms with Crippen LogP contribution in [0.3, 0.4) is 0 Å². The second-order valence-corrected chi connectivity index (χ2v) is 6.32. The minimum atomic E-state index is -0.0722. The summed E-state index contributed by atoms with van der Waals surface area (Å²) in [6.45, 7) is 2.60. The van der Waals surface area contributed by atoms with Gasteiger partial charge in [-0.2, -0.15) is 5.26 Å². The van der Waals surface area contributed by atoms with Crippen molar-refractivity contribution in [3.05, 3.63) is 57.8 Å². The molecule has 0 spiro atoms. The summed E-state index contributed by atoms with van der Waals surface area (Å²) in [5, 5.41) is 9.70. The Bertz CT molecular complexity index is 773. The highest BCUT2D eigenvalue weighted by Gasteiger charge is 2.23. The molecule has 1 saturated heterocycles. The van der Waals surface area contributed by atoms with E-state index in [0.717, 1.165) is 5.69 Å². The summed E-state index contributed by atoms with van der Waals surface area (Å²) in [6, 6.07) is 10.4. The topological polar surface area (TPSA) is 60.2 Å². The third-order valence-corrected chi connectivity index (χ3v) is 4.34. The number of anilines is 1. The number of carbonyl (C=O) groups is 1. The Balaban J connectivity index is 1.66. The molecule has 3 rings (SSSR count). The van der Waals surface area contributed by atoms with E-state index in [9.17, 15) is 4.79 Å². The summed E-state index contributed by atoms with van der Waals surface area (Å²) in [7, 11) is 0. The molecule has 1 fully saturated rings. The molecule has 1 aromatic carbocycles. The Labute approximate surface area is 150 Å². The zero-order valence-corrected chi connectivity index (χ0v) is 14.3. The van der Waals surface area contributed by atoms with E-state index >= 15 is 0 Å². The fourth-order valence-electron chi connectivity index (χ4n) is 2.67. The van der Waals surface area contributed by atoms with Crippen molar-refractivity contribution in [1.29, 1.82) is 5.26 Å². The second kappa shape index (κ2) is 7.08. The first kappa shape index (κ1) is 16.6. The van der Waals surface area contributed by atoms with Gasteiger partial charge in [0.1, 0.15) is 11.8 Å². The third kappa shape index (κ3) is 3.61. The number of hydrogen-bond donors (Lipinski definition) is 0. The monoisotopic (exact) mass is 360 g/mol. The van der Waals surface area contributed by atoms with Gasteiger partial charge in [0.05, 0.1) is 11.9 Å². The molecule has 0 unspecified atom stereocenters. The molecule has 0 N–H and O–H groups in total. The summed E-state index contributed by atoms with van der Waals surface area (Å²) in [6.07, 6.45) is 1.69. The highest BCUT2D eigenvalue weighted by molar-refractivity contribution is 6.35. The molecule has 1 aliphatic rings. The molecule has 122 valence electrons. The van der Waals surface area contributed by atoms with Crippen LogP contribution in [-0.4, -0.2) is 42.0 Å². The summed E-state index contributed by atoms with van der Waals surface area (Å²) < 4.78 is 0. The smallest absolute Gasteiger partial charge is 0.254 e. The van der Waals surface area contributed by atoms with E-state index in [4.69, 9.17) is 28.5 Å². The van der Waals surface area contributed by atoms with Crippen LogP contribution in [0.2, 0.25) is 10.0 Å². The highest BCUT2D eigenvalue weighted by atomic mass is 35.5. The molecule has 0 atom stereocenters. The van der Waals surface area contributed by atoms with E-state index in [1.54, 1.807) is 35.4 Å². The van der Waals surface area contributed by atoms with Gasteiger partial charge in [-0.25, -0.2) is 4.98 Å². The SMILES string of the molecule is N#Cc1ccc(N2CCN(C(=O)c3cc(Cl)cc(Cl)c3)CC2)cn1. The lowest BCUT2D eigenvalue weighted by molar-refractivity contribution is 0.0747. The zero-order valence-electron chi connectivity index (χ0n) is 12.7. The van der Waals surface area contributed by atoms with Gasteiger partial charge in [0, 0.05) is 41.8 Å². The van der Waals surface area contributed by atoms with Crippen molar-refractivity contribution in [1.82, 2.24) is 9.88 Å². The quantitative estimate of drug-likeness (QED) is 0.824. The molecule has 0 bridgehead atoms. The van der Waals surface area contributed by atoms with Gasteiger partial charge in [0.25, 0.3) is 5.91 Å². The maximum atomic E-state index is 12.6. The van der Waals surface area contributed by atoms with E-state index in [0.29, 0.717) is 47.5 Å². The predicted molar refractivity (Wildman–Crippen MR) is 93.5 cm³/mol. The van der Waals surface area contributed by atoms with Crippen LogP contribution >= 0.6 is 23.2 Å². The minimum absolute atomic E-state index is 0.0722.